The molecule has 1 heterocycles. The van der Waals surface area contributed by atoms with E-state index in [-0.39, 0.29) is 17.5 Å². The third-order valence-corrected chi connectivity index (χ3v) is 2.20. The van der Waals surface area contributed by atoms with E-state index in [9.17, 15) is 9.59 Å². The van der Waals surface area contributed by atoms with E-state index in [2.05, 4.69) is 22.2 Å². The lowest BCUT2D eigenvalue weighted by Gasteiger charge is -2.05. The lowest BCUT2D eigenvalue weighted by Crippen LogP contribution is -2.26. The van der Waals surface area contributed by atoms with Gasteiger partial charge in [0.05, 0.1) is 0 Å². The molecule has 0 aliphatic heterocycles. The Labute approximate surface area is 106 Å². The van der Waals surface area contributed by atoms with Gasteiger partial charge in [-0.25, -0.2) is 0 Å². The van der Waals surface area contributed by atoms with Crippen molar-refractivity contribution in [2.24, 2.45) is 0 Å². The fourth-order valence-electron chi connectivity index (χ4n) is 1.29. The van der Waals surface area contributed by atoms with Crippen molar-refractivity contribution >= 4 is 11.8 Å². The molecular weight excluding hydrogens is 230 g/mol. The molecule has 0 radical (unpaired) electrons. The van der Waals surface area contributed by atoms with Crippen molar-refractivity contribution in [3.05, 3.63) is 42.2 Å². The zero-order valence-electron chi connectivity index (χ0n) is 10.4. The molecule has 0 fully saturated rings. The van der Waals surface area contributed by atoms with Crippen LogP contribution in [0.1, 0.15) is 34.2 Å². The molecule has 96 valence electrons. The Morgan fingerprint density at radius 3 is 2.83 bits per heavy atom. The van der Waals surface area contributed by atoms with Crippen LogP contribution in [0.2, 0.25) is 0 Å². The molecule has 0 unspecified atom stereocenters. The zero-order chi connectivity index (χ0) is 13.4. The first kappa shape index (κ1) is 13.9. The average Bonchev–Trinajstić information content (AvgIpc) is 2.42. The number of amides is 2. The average molecular weight is 247 g/mol. The number of pyridine rings is 1. The van der Waals surface area contributed by atoms with Gasteiger partial charge in [-0.1, -0.05) is 13.0 Å². The Morgan fingerprint density at radius 2 is 2.17 bits per heavy atom. The fourth-order valence-corrected chi connectivity index (χ4v) is 1.29. The van der Waals surface area contributed by atoms with Gasteiger partial charge in [0.15, 0.2) is 0 Å². The Balaban J connectivity index is 2.75. The molecule has 1 aromatic heterocycles. The maximum absolute atomic E-state index is 11.7. The van der Waals surface area contributed by atoms with Crippen LogP contribution in [0.4, 0.5) is 0 Å². The number of aromatic nitrogens is 1. The molecule has 5 nitrogen and oxygen atoms in total. The fraction of sp³-hybridized carbons (Fsp3) is 0.308. The molecule has 0 aliphatic carbocycles. The smallest absolute Gasteiger partial charge is 0.270 e. The summed E-state index contributed by atoms with van der Waals surface area (Å²) in [4.78, 5) is 27.3. The van der Waals surface area contributed by atoms with Crippen LogP contribution < -0.4 is 10.6 Å². The summed E-state index contributed by atoms with van der Waals surface area (Å²) in [7, 11) is 0. The van der Waals surface area contributed by atoms with Gasteiger partial charge in [-0.05, 0) is 18.6 Å². The van der Waals surface area contributed by atoms with Gasteiger partial charge < -0.3 is 10.6 Å². The highest BCUT2D eigenvalue weighted by Crippen LogP contribution is 2.02. The molecule has 1 rings (SSSR count). The van der Waals surface area contributed by atoms with Crippen LogP contribution in [-0.2, 0) is 0 Å². The van der Waals surface area contributed by atoms with E-state index >= 15 is 0 Å². The maximum atomic E-state index is 11.7. The number of hydrogen-bond donors (Lipinski definition) is 2. The van der Waals surface area contributed by atoms with E-state index in [0.29, 0.717) is 18.7 Å². The van der Waals surface area contributed by atoms with Crippen molar-refractivity contribution in [3.8, 4) is 0 Å². The van der Waals surface area contributed by atoms with Crippen molar-refractivity contribution in [2.45, 2.75) is 13.3 Å². The van der Waals surface area contributed by atoms with Gasteiger partial charge in [0, 0.05) is 24.8 Å². The highest BCUT2D eigenvalue weighted by Gasteiger charge is 2.10. The number of rotatable bonds is 6. The van der Waals surface area contributed by atoms with Crippen molar-refractivity contribution in [2.75, 3.05) is 13.1 Å². The molecular formula is C13H17N3O2. The SMILES string of the molecule is C=CCNC(=O)c1cc(C(=O)NCCC)ccn1. The normalized spacial score (nSPS) is 9.61. The summed E-state index contributed by atoms with van der Waals surface area (Å²) in [5.41, 5.74) is 0.656. The van der Waals surface area contributed by atoms with E-state index in [4.69, 9.17) is 0 Å². The third kappa shape index (κ3) is 4.01. The first-order valence-corrected chi connectivity index (χ1v) is 5.82. The predicted octanol–water partition coefficient (Wildman–Crippen LogP) is 1.14. The number of carbonyl (C=O) groups is 2. The monoisotopic (exact) mass is 247 g/mol. The molecule has 2 N–H and O–H groups in total. The predicted molar refractivity (Wildman–Crippen MR) is 69.4 cm³/mol. The van der Waals surface area contributed by atoms with E-state index in [1.165, 1.54) is 12.3 Å². The maximum Gasteiger partial charge on any atom is 0.270 e. The number of hydrogen-bond acceptors (Lipinski definition) is 3. The first-order valence-electron chi connectivity index (χ1n) is 5.82. The van der Waals surface area contributed by atoms with Crippen molar-refractivity contribution in [1.29, 1.82) is 0 Å². The standard InChI is InChI=1S/C13H17N3O2/c1-3-6-15-12(17)10-5-8-14-11(9-10)13(18)16-7-4-2/h4-5,8-9H,2-3,6-7H2,1H3,(H,15,17)(H,16,18). The van der Waals surface area contributed by atoms with Gasteiger partial charge in [0.2, 0.25) is 0 Å². The zero-order valence-corrected chi connectivity index (χ0v) is 10.4. The molecule has 2 amide bonds. The van der Waals surface area contributed by atoms with E-state index in [1.54, 1.807) is 12.1 Å². The molecule has 5 heteroatoms. The van der Waals surface area contributed by atoms with Gasteiger partial charge in [-0.15, -0.1) is 6.58 Å². The topological polar surface area (TPSA) is 71.1 Å². The summed E-state index contributed by atoms with van der Waals surface area (Å²) >= 11 is 0. The molecule has 0 spiro atoms. The second-order valence-electron chi connectivity index (χ2n) is 3.68. The molecule has 0 atom stereocenters. The summed E-state index contributed by atoms with van der Waals surface area (Å²) in [5, 5.41) is 5.35. The first-order chi connectivity index (χ1) is 8.69. The summed E-state index contributed by atoms with van der Waals surface area (Å²) in [5.74, 6) is -0.517. The summed E-state index contributed by atoms with van der Waals surface area (Å²) < 4.78 is 0. The van der Waals surface area contributed by atoms with E-state index in [1.807, 2.05) is 6.92 Å². The van der Waals surface area contributed by atoms with Crippen molar-refractivity contribution in [3.63, 3.8) is 0 Å². The molecule has 0 aromatic carbocycles. The van der Waals surface area contributed by atoms with Crippen molar-refractivity contribution in [1.82, 2.24) is 15.6 Å². The molecule has 18 heavy (non-hydrogen) atoms. The molecule has 1 aromatic rings. The molecule has 0 saturated carbocycles. The van der Waals surface area contributed by atoms with Gasteiger partial charge >= 0.3 is 0 Å². The number of nitrogens with zero attached hydrogens (tertiary/aromatic N) is 1. The highest BCUT2D eigenvalue weighted by atomic mass is 16.2. The minimum atomic E-state index is -0.319. The Kier molecular flexibility index (Phi) is 5.57. The molecule has 0 saturated heterocycles. The quantitative estimate of drug-likeness (QED) is 0.740. The second kappa shape index (κ2) is 7.21. The Bertz CT molecular complexity index is 444. The molecule has 0 bridgehead atoms. The van der Waals surface area contributed by atoms with Gasteiger partial charge in [-0.3, -0.25) is 14.6 Å². The Hall–Kier alpha value is -2.17. The molecule has 0 aliphatic rings. The largest absolute Gasteiger partial charge is 0.352 e. The highest BCUT2D eigenvalue weighted by molar-refractivity contribution is 5.98. The summed E-state index contributed by atoms with van der Waals surface area (Å²) in [6.45, 7) is 6.46. The van der Waals surface area contributed by atoms with Crippen LogP contribution >= 0.6 is 0 Å². The van der Waals surface area contributed by atoms with Crippen LogP contribution in [0.3, 0.4) is 0 Å². The van der Waals surface area contributed by atoms with Crippen LogP contribution in [0.15, 0.2) is 31.0 Å². The Morgan fingerprint density at radius 1 is 1.39 bits per heavy atom. The van der Waals surface area contributed by atoms with E-state index in [0.717, 1.165) is 6.42 Å². The van der Waals surface area contributed by atoms with E-state index < -0.39 is 0 Å². The van der Waals surface area contributed by atoms with Crippen LogP contribution in [-0.4, -0.2) is 29.9 Å². The summed E-state index contributed by atoms with van der Waals surface area (Å²) in [6, 6.07) is 3.05. The number of nitrogens with one attached hydrogen (secondary N) is 2. The van der Waals surface area contributed by atoms with Crippen molar-refractivity contribution < 1.29 is 9.59 Å². The van der Waals surface area contributed by atoms with Gasteiger partial charge in [-0.2, -0.15) is 0 Å². The third-order valence-electron chi connectivity index (χ3n) is 2.20. The second-order valence-corrected chi connectivity index (χ2v) is 3.68. The minimum Gasteiger partial charge on any atom is -0.352 e. The van der Waals surface area contributed by atoms with Crippen LogP contribution in [0.25, 0.3) is 0 Å². The van der Waals surface area contributed by atoms with Crippen LogP contribution in [0.5, 0.6) is 0 Å². The van der Waals surface area contributed by atoms with Gasteiger partial charge in [0.1, 0.15) is 5.69 Å². The van der Waals surface area contributed by atoms with Gasteiger partial charge in [0.25, 0.3) is 11.8 Å². The number of carbonyl (C=O) groups excluding carboxylic acids is 2. The lowest BCUT2D eigenvalue weighted by molar-refractivity contribution is 0.0953. The van der Waals surface area contributed by atoms with Crippen LogP contribution in [0, 0.1) is 0 Å². The minimum absolute atomic E-state index is 0.197. The lowest BCUT2D eigenvalue weighted by atomic mass is 10.2. The summed E-state index contributed by atoms with van der Waals surface area (Å²) in [6.07, 6.45) is 3.89.